The highest BCUT2D eigenvalue weighted by Crippen LogP contribution is 2.18. The normalized spacial score (nSPS) is 12.1. The number of aromatic amines is 1. The number of carbonyl (C=O) groups excluding carboxylic acids is 1. The molecule has 2 N–H and O–H groups in total. The van der Waals surface area contributed by atoms with Gasteiger partial charge in [0.25, 0.3) is 5.91 Å². The highest BCUT2D eigenvalue weighted by atomic mass is 19.1. The zero-order valence-corrected chi connectivity index (χ0v) is 13.0. The minimum atomic E-state index is -0.305. The number of nitrogens with one attached hydrogen (secondary N) is 2. The molecule has 114 valence electrons. The first-order valence-electron chi connectivity index (χ1n) is 6.98. The predicted molar refractivity (Wildman–Crippen MR) is 82.9 cm³/mol. The maximum Gasteiger partial charge on any atom is 0.267 e. The fourth-order valence-electron chi connectivity index (χ4n) is 2.55. The third-order valence-electron chi connectivity index (χ3n) is 3.30. The van der Waals surface area contributed by atoms with E-state index in [4.69, 9.17) is 0 Å². The lowest BCUT2D eigenvalue weighted by Gasteiger charge is -2.28. The Balaban J connectivity index is 2.05. The molecule has 0 radical (unpaired) electrons. The number of hydrogen-bond donors (Lipinski definition) is 2. The average molecular weight is 291 g/mol. The van der Waals surface area contributed by atoms with Crippen LogP contribution in [0, 0.1) is 11.2 Å². The molecule has 0 aliphatic carbocycles. The van der Waals surface area contributed by atoms with Gasteiger partial charge in [-0.05, 0) is 43.8 Å². The fraction of sp³-hybridized carbons (Fsp3) is 0.438. The summed E-state index contributed by atoms with van der Waals surface area (Å²) >= 11 is 0. The Bertz CT molecular complexity index is 646. The van der Waals surface area contributed by atoms with Crippen molar-refractivity contribution in [2.75, 3.05) is 27.2 Å². The molecule has 1 aromatic heterocycles. The SMILES string of the molecule is CN(C)CC(C)(C)CNC(=O)c1cc2cc(F)ccc2[nH]1. The molecule has 21 heavy (non-hydrogen) atoms. The summed E-state index contributed by atoms with van der Waals surface area (Å²) in [5, 5.41) is 3.63. The van der Waals surface area contributed by atoms with Crippen LogP contribution in [0.15, 0.2) is 24.3 Å². The number of halogens is 1. The van der Waals surface area contributed by atoms with E-state index in [0.717, 1.165) is 12.1 Å². The number of benzene rings is 1. The summed E-state index contributed by atoms with van der Waals surface area (Å²) in [6.45, 7) is 5.67. The quantitative estimate of drug-likeness (QED) is 0.889. The van der Waals surface area contributed by atoms with Crippen LogP contribution in [0.5, 0.6) is 0 Å². The number of H-pyrrole nitrogens is 1. The van der Waals surface area contributed by atoms with Gasteiger partial charge in [-0.15, -0.1) is 0 Å². The Morgan fingerprint density at radius 3 is 2.71 bits per heavy atom. The van der Waals surface area contributed by atoms with E-state index in [1.807, 2.05) is 14.1 Å². The number of rotatable bonds is 5. The molecular formula is C16H22FN3O. The maximum atomic E-state index is 13.2. The molecule has 5 heteroatoms. The summed E-state index contributed by atoms with van der Waals surface area (Å²) in [6, 6.07) is 6.10. The summed E-state index contributed by atoms with van der Waals surface area (Å²) in [5.41, 5.74) is 1.20. The summed E-state index contributed by atoms with van der Waals surface area (Å²) in [5.74, 6) is -0.473. The molecule has 0 aliphatic heterocycles. The summed E-state index contributed by atoms with van der Waals surface area (Å²) in [7, 11) is 4.02. The van der Waals surface area contributed by atoms with Gasteiger partial charge in [-0.3, -0.25) is 4.79 Å². The van der Waals surface area contributed by atoms with Crippen molar-refractivity contribution in [1.29, 1.82) is 0 Å². The van der Waals surface area contributed by atoms with Crippen LogP contribution in [0.25, 0.3) is 10.9 Å². The van der Waals surface area contributed by atoms with Gasteiger partial charge in [-0.2, -0.15) is 0 Å². The molecule has 1 heterocycles. The third kappa shape index (κ3) is 4.04. The first-order valence-corrected chi connectivity index (χ1v) is 6.98. The van der Waals surface area contributed by atoms with Crippen LogP contribution in [0.2, 0.25) is 0 Å². The third-order valence-corrected chi connectivity index (χ3v) is 3.30. The fourth-order valence-corrected chi connectivity index (χ4v) is 2.55. The monoisotopic (exact) mass is 291 g/mol. The molecule has 0 saturated heterocycles. The molecule has 2 rings (SSSR count). The van der Waals surface area contributed by atoms with E-state index in [1.165, 1.54) is 12.1 Å². The molecule has 4 nitrogen and oxygen atoms in total. The zero-order valence-electron chi connectivity index (χ0n) is 13.0. The van der Waals surface area contributed by atoms with Gasteiger partial charge in [0.15, 0.2) is 0 Å². The molecule has 0 saturated carbocycles. The van der Waals surface area contributed by atoms with Crippen molar-refractivity contribution in [3.63, 3.8) is 0 Å². The van der Waals surface area contributed by atoms with E-state index in [-0.39, 0.29) is 17.1 Å². The van der Waals surface area contributed by atoms with Crippen molar-refractivity contribution >= 4 is 16.8 Å². The van der Waals surface area contributed by atoms with Gasteiger partial charge < -0.3 is 15.2 Å². The molecule has 0 spiro atoms. The van der Waals surface area contributed by atoms with Crippen molar-refractivity contribution in [3.8, 4) is 0 Å². The van der Waals surface area contributed by atoms with Crippen molar-refractivity contribution in [2.45, 2.75) is 13.8 Å². The molecular weight excluding hydrogens is 269 g/mol. The minimum Gasteiger partial charge on any atom is -0.351 e. The van der Waals surface area contributed by atoms with Gasteiger partial charge in [-0.1, -0.05) is 13.8 Å². The largest absolute Gasteiger partial charge is 0.351 e. The summed E-state index contributed by atoms with van der Waals surface area (Å²) < 4.78 is 13.2. The van der Waals surface area contributed by atoms with Crippen LogP contribution >= 0.6 is 0 Å². The van der Waals surface area contributed by atoms with E-state index < -0.39 is 0 Å². The molecule has 2 aromatic rings. The van der Waals surface area contributed by atoms with E-state index in [1.54, 1.807) is 12.1 Å². The van der Waals surface area contributed by atoms with Gasteiger partial charge >= 0.3 is 0 Å². The second-order valence-corrected chi connectivity index (χ2v) is 6.50. The van der Waals surface area contributed by atoms with Crippen molar-refractivity contribution in [2.24, 2.45) is 5.41 Å². The Labute approximate surface area is 124 Å². The average Bonchev–Trinajstić information content (AvgIpc) is 2.77. The lowest BCUT2D eigenvalue weighted by atomic mass is 9.93. The van der Waals surface area contributed by atoms with Crippen LogP contribution in [0.4, 0.5) is 4.39 Å². The summed E-state index contributed by atoms with van der Waals surface area (Å²) in [4.78, 5) is 17.3. The van der Waals surface area contributed by atoms with E-state index in [0.29, 0.717) is 17.6 Å². The molecule has 0 unspecified atom stereocenters. The summed E-state index contributed by atoms with van der Waals surface area (Å²) in [6.07, 6.45) is 0. The molecule has 1 aromatic carbocycles. The number of nitrogens with zero attached hydrogens (tertiary/aromatic N) is 1. The lowest BCUT2D eigenvalue weighted by Crippen LogP contribution is -2.40. The molecule has 0 bridgehead atoms. The Morgan fingerprint density at radius 2 is 2.05 bits per heavy atom. The van der Waals surface area contributed by atoms with E-state index >= 15 is 0 Å². The van der Waals surface area contributed by atoms with Crippen LogP contribution in [0.1, 0.15) is 24.3 Å². The standard InChI is InChI=1S/C16H22FN3O/c1-16(2,10-20(3)4)9-18-15(21)14-8-11-7-12(17)5-6-13(11)19-14/h5-8,19H,9-10H2,1-4H3,(H,18,21). The van der Waals surface area contributed by atoms with Gasteiger partial charge in [0.1, 0.15) is 11.5 Å². The van der Waals surface area contributed by atoms with Crippen molar-refractivity contribution in [1.82, 2.24) is 15.2 Å². The first kappa shape index (κ1) is 15.5. The minimum absolute atomic E-state index is 0.0166. The maximum absolute atomic E-state index is 13.2. The Morgan fingerprint density at radius 1 is 1.33 bits per heavy atom. The number of amides is 1. The molecule has 0 atom stereocenters. The van der Waals surface area contributed by atoms with Crippen LogP contribution in [-0.4, -0.2) is 43.0 Å². The second kappa shape index (κ2) is 5.85. The second-order valence-electron chi connectivity index (χ2n) is 6.50. The number of aromatic nitrogens is 1. The Hall–Kier alpha value is -1.88. The van der Waals surface area contributed by atoms with Gasteiger partial charge in [0.2, 0.25) is 0 Å². The van der Waals surface area contributed by atoms with Gasteiger partial charge in [-0.25, -0.2) is 4.39 Å². The van der Waals surface area contributed by atoms with Crippen LogP contribution < -0.4 is 5.32 Å². The predicted octanol–water partition coefficient (Wildman–Crippen LogP) is 2.62. The van der Waals surface area contributed by atoms with Crippen LogP contribution in [-0.2, 0) is 0 Å². The molecule has 0 aliphatic rings. The van der Waals surface area contributed by atoms with E-state index in [2.05, 4.69) is 29.0 Å². The zero-order chi connectivity index (χ0) is 15.6. The molecule has 0 fully saturated rings. The first-order chi connectivity index (χ1) is 9.77. The van der Waals surface area contributed by atoms with Gasteiger partial charge in [0.05, 0.1) is 0 Å². The van der Waals surface area contributed by atoms with Crippen molar-refractivity contribution < 1.29 is 9.18 Å². The highest BCUT2D eigenvalue weighted by Gasteiger charge is 2.20. The van der Waals surface area contributed by atoms with Crippen LogP contribution in [0.3, 0.4) is 0 Å². The number of carbonyl (C=O) groups is 1. The Kier molecular flexibility index (Phi) is 4.32. The van der Waals surface area contributed by atoms with E-state index in [9.17, 15) is 9.18 Å². The number of fused-ring (bicyclic) bond motifs is 1. The number of hydrogen-bond acceptors (Lipinski definition) is 2. The lowest BCUT2D eigenvalue weighted by molar-refractivity contribution is 0.0925. The van der Waals surface area contributed by atoms with Crippen molar-refractivity contribution in [3.05, 3.63) is 35.8 Å². The molecule has 1 amide bonds. The van der Waals surface area contributed by atoms with Gasteiger partial charge in [0, 0.05) is 24.0 Å². The topological polar surface area (TPSA) is 48.1 Å². The smallest absolute Gasteiger partial charge is 0.267 e. The highest BCUT2D eigenvalue weighted by molar-refractivity contribution is 5.98.